The Balaban J connectivity index is 1.64. The van der Waals surface area contributed by atoms with E-state index in [0.29, 0.717) is 49.0 Å². The number of halogens is 1. The number of carbonyl (C=O) groups is 2. The number of hydrogen-bond acceptors (Lipinski definition) is 5. The average molecular weight is 457 g/mol. The molecule has 0 aliphatic carbocycles. The van der Waals surface area contributed by atoms with Gasteiger partial charge in [0.25, 0.3) is 5.91 Å². The summed E-state index contributed by atoms with van der Waals surface area (Å²) in [6.07, 6.45) is 3.09. The molecule has 2 amide bonds. The quantitative estimate of drug-likeness (QED) is 0.707. The summed E-state index contributed by atoms with van der Waals surface area (Å²) in [5, 5.41) is 0.618. The number of ether oxygens (including phenoxy) is 1. The van der Waals surface area contributed by atoms with Crippen molar-refractivity contribution in [3.8, 4) is 0 Å². The Labute approximate surface area is 193 Å². The van der Waals surface area contributed by atoms with Crippen LogP contribution in [-0.2, 0) is 14.9 Å². The van der Waals surface area contributed by atoms with Gasteiger partial charge in [-0.2, -0.15) is 0 Å². The number of benzene rings is 1. The highest BCUT2D eigenvalue weighted by atomic mass is 35.5. The first-order valence-corrected chi connectivity index (χ1v) is 11.3. The Morgan fingerprint density at radius 3 is 2.59 bits per heavy atom. The maximum Gasteiger partial charge on any atom is 0.253 e. The van der Waals surface area contributed by atoms with Crippen molar-refractivity contribution in [2.24, 2.45) is 0 Å². The number of rotatable bonds is 4. The third-order valence-electron chi connectivity index (χ3n) is 6.30. The van der Waals surface area contributed by atoms with Crippen molar-refractivity contribution < 1.29 is 14.3 Å². The lowest BCUT2D eigenvalue weighted by Crippen LogP contribution is -2.56. The van der Waals surface area contributed by atoms with Crippen LogP contribution in [0, 0.1) is 0 Å². The second kappa shape index (κ2) is 9.46. The van der Waals surface area contributed by atoms with Crippen LogP contribution in [0.4, 0.5) is 5.69 Å². The van der Waals surface area contributed by atoms with Gasteiger partial charge >= 0.3 is 0 Å². The van der Waals surface area contributed by atoms with Crippen LogP contribution in [0.2, 0.25) is 5.02 Å². The zero-order chi connectivity index (χ0) is 22.7. The minimum absolute atomic E-state index is 0.0289. The number of anilines is 1. The largest absolute Gasteiger partial charge is 0.378 e. The molecular weight excluding hydrogens is 428 g/mol. The molecule has 0 saturated carbocycles. The van der Waals surface area contributed by atoms with Gasteiger partial charge in [0.2, 0.25) is 5.91 Å². The van der Waals surface area contributed by atoms with Crippen LogP contribution in [0.15, 0.2) is 42.6 Å². The van der Waals surface area contributed by atoms with Gasteiger partial charge in [0, 0.05) is 52.0 Å². The molecular formula is C24H29ClN4O3. The van der Waals surface area contributed by atoms with Crippen LogP contribution < -0.4 is 4.90 Å². The lowest BCUT2D eigenvalue weighted by molar-refractivity contribution is -0.136. The normalized spacial score (nSPS) is 21.3. The van der Waals surface area contributed by atoms with Crippen molar-refractivity contribution in [2.45, 2.75) is 18.3 Å². The van der Waals surface area contributed by atoms with E-state index in [1.807, 2.05) is 24.3 Å². The number of nitrogens with zero attached hydrogens (tertiary/aromatic N) is 4. The van der Waals surface area contributed by atoms with E-state index in [4.69, 9.17) is 16.3 Å². The zero-order valence-electron chi connectivity index (χ0n) is 18.6. The smallest absolute Gasteiger partial charge is 0.253 e. The number of morpholine rings is 1. The SMILES string of the molecule is CN(C)C(=O)C1(c2ccccn2)CCCN(C(=O)c2ccc(Cl)c(N3CCOCC3)c2)C1. The summed E-state index contributed by atoms with van der Waals surface area (Å²) in [5.41, 5.74) is 1.28. The number of amides is 2. The summed E-state index contributed by atoms with van der Waals surface area (Å²) in [6.45, 7) is 3.65. The molecule has 7 nitrogen and oxygen atoms in total. The third kappa shape index (κ3) is 4.32. The van der Waals surface area contributed by atoms with Crippen LogP contribution in [0.1, 0.15) is 28.9 Å². The average Bonchev–Trinajstić information content (AvgIpc) is 2.84. The highest BCUT2D eigenvalue weighted by molar-refractivity contribution is 6.33. The summed E-state index contributed by atoms with van der Waals surface area (Å²) >= 11 is 6.46. The minimum Gasteiger partial charge on any atom is -0.378 e. The second-order valence-corrected chi connectivity index (χ2v) is 9.00. The van der Waals surface area contributed by atoms with E-state index in [2.05, 4.69) is 9.88 Å². The molecule has 3 heterocycles. The molecule has 0 N–H and O–H groups in total. The van der Waals surface area contributed by atoms with Crippen LogP contribution in [0.3, 0.4) is 0 Å². The molecule has 2 fully saturated rings. The Morgan fingerprint density at radius 2 is 1.91 bits per heavy atom. The lowest BCUT2D eigenvalue weighted by atomic mass is 9.75. The number of likely N-dealkylation sites (tertiary alicyclic amines) is 1. The number of aromatic nitrogens is 1. The fourth-order valence-electron chi connectivity index (χ4n) is 4.67. The van der Waals surface area contributed by atoms with Crippen LogP contribution in [0.25, 0.3) is 0 Å². The Hall–Kier alpha value is -2.64. The molecule has 2 aliphatic rings. The maximum atomic E-state index is 13.6. The first-order chi connectivity index (χ1) is 15.4. The topological polar surface area (TPSA) is 66.0 Å². The molecule has 170 valence electrons. The van der Waals surface area contributed by atoms with E-state index >= 15 is 0 Å². The summed E-state index contributed by atoms with van der Waals surface area (Å²) in [5.74, 6) is -0.124. The summed E-state index contributed by atoms with van der Waals surface area (Å²) < 4.78 is 5.44. The highest BCUT2D eigenvalue weighted by Gasteiger charge is 2.47. The Morgan fingerprint density at radius 1 is 1.12 bits per heavy atom. The summed E-state index contributed by atoms with van der Waals surface area (Å²) in [4.78, 5) is 36.9. The molecule has 1 unspecified atom stereocenters. The van der Waals surface area contributed by atoms with E-state index < -0.39 is 5.41 Å². The van der Waals surface area contributed by atoms with Crippen molar-refractivity contribution in [1.82, 2.24) is 14.8 Å². The van der Waals surface area contributed by atoms with Gasteiger partial charge in [-0.05, 0) is 43.2 Å². The van der Waals surface area contributed by atoms with Gasteiger partial charge in [-0.3, -0.25) is 14.6 Å². The summed E-state index contributed by atoms with van der Waals surface area (Å²) in [6, 6.07) is 11.0. The molecule has 8 heteroatoms. The van der Waals surface area contributed by atoms with Crippen molar-refractivity contribution >= 4 is 29.1 Å². The van der Waals surface area contributed by atoms with Gasteiger partial charge in [-0.15, -0.1) is 0 Å². The van der Waals surface area contributed by atoms with Crippen molar-refractivity contribution in [3.63, 3.8) is 0 Å². The monoisotopic (exact) mass is 456 g/mol. The fraction of sp³-hybridized carbons (Fsp3) is 0.458. The van der Waals surface area contributed by atoms with Gasteiger partial charge in [0.1, 0.15) is 5.41 Å². The number of carbonyl (C=O) groups excluding carboxylic acids is 2. The fourth-order valence-corrected chi connectivity index (χ4v) is 4.91. The highest BCUT2D eigenvalue weighted by Crippen LogP contribution is 2.36. The molecule has 4 rings (SSSR count). The molecule has 32 heavy (non-hydrogen) atoms. The minimum atomic E-state index is -0.849. The Kier molecular flexibility index (Phi) is 6.67. The van der Waals surface area contributed by atoms with Gasteiger partial charge in [-0.25, -0.2) is 0 Å². The van der Waals surface area contributed by atoms with Gasteiger partial charge in [0.15, 0.2) is 0 Å². The van der Waals surface area contributed by atoms with Crippen molar-refractivity contribution in [2.75, 3.05) is 58.4 Å². The predicted molar refractivity (Wildman–Crippen MR) is 124 cm³/mol. The standard InChI is InChI=1S/C24H29ClN4O3/c1-27(2)23(31)24(21-6-3-4-10-26-21)9-5-11-29(17-24)22(30)18-7-8-19(25)20(16-18)28-12-14-32-15-13-28/h3-4,6-8,10,16H,5,9,11-15,17H2,1-2H3. The summed E-state index contributed by atoms with van der Waals surface area (Å²) in [7, 11) is 3.50. The molecule has 2 aromatic rings. The zero-order valence-corrected chi connectivity index (χ0v) is 19.3. The number of pyridine rings is 1. The molecule has 0 radical (unpaired) electrons. The van der Waals surface area contributed by atoms with E-state index in [9.17, 15) is 9.59 Å². The molecule has 2 aliphatic heterocycles. The molecule has 2 saturated heterocycles. The Bertz CT molecular complexity index is 978. The lowest BCUT2D eigenvalue weighted by Gasteiger charge is -2.42. The second-order valence-electron chi connectivity index (χ2n) is 8.59. The molecule has 0 bridgehead atoms. The van der Waals surface area contributed by atoms with Crippen molar-refractivity contribution in [3.05, 3.63) is 58.9 Å². The number of piperidine rings is 1. The van der Waals surface area contributed by atoms with Crippen LogP contribution in [0.5, 0.6) is 0 Å². The van der Waals surface area contributed by atoms with E-state index in [-0.39, 0.29) is 11.8 Å². The van der Waals surface area contributed by atoms with Gasteiger partial charge in [0.05, 0.1) is 29.6 Å². The van der Waals surface area contributed by atoms with Gasteiger partial charge in [-0.1, -0.05) is 17.7 Å². The van der Waals surface area contributed by atoms with E-state index in [0.717, 1.165) is 25.2 Å². The van der Waals surface area contributed by atoms with Gasteiger partial charge < -0.3 is 19.4 Å². The maximum absolute atomic E-state index is 13.6. The third-order valence-corrected chi connectivity index (χ3v) is 6.61. The van der Waals surface area contributed by atoms with Crippen LogP contribution in [-0.4, -0.2) is 80.1 Å². The van der Waals surface area contributed by atoms with Crippen LogP contribution >= 0.6 is 11.6 Å². The predicted octanol–water partition coefficient (Wildman–Crippen LogP) is 2.83. The molecule has 1 aromatic heterocycles. The van der Waals surface area contributed by atoms with E-state index in [1.165, 1.54) is 0 Å². The van der Waals surface area contributed by atoms with E-state index in [1.54, 1.807) is 42.2 Å². The number of hydrogen-bond donors (Lipinski definition) is 0. The first-order valence-electron chi connectivity index (χ1n) is 11.0. The molecule has 1 atom stereocenters. The number of likely N-dealkylation sites (N-methyl/N-ethyl adjacent to an activating group) is 1. The molecule has 1 aromatic carbocycles. The molecule has 0 spiro atoms. The first kappa shape index (κ1) is 22.6. The van der Waals surface area contributed by atoms with Crippen molar-refractivity contribution in [1.29, 1.82) is 0 Å².